The summed E-state index contributed by atoms with van der Waals surface area (Å²) in [7, 11) is 2.55. The molecular weight excluding hydrogens is 310 g/mol. The van der Waals surface area contributed by atoms with E-state index in [1.807, 2.05) is 0 Å². The number of hydrogen-bond acceptors (Lipinski definition) is 8. The topological polar surface area (TPSA) is 109 Å². The van der Waals surface area contributed by atoms with E-state index < -0.39 is 41.9 Å². The van der Waals surface area contributed by atoms with E-state index in [1.165, 1.54) is 25.5 Å². The Bertz CT molecular complexity index is 634. The van der Waals surface area contributed by atoms with Gasteiger partial charge in [-0.3, -0.25) is 19.8 Å². The molecule has 0 spiro atoms. The predicted molar refractivity (Wildman–Crippen MR) is 74.6 cm³/mol. The number of amides is 2. The van der Waals surface area contributed by atoms with Gasteiger partial charge in [0.05, 0.1) is 31.6 Å². The minimum Gasteiger partial charge on any atom is -0.468 e. The molecule has 3 rings (SSSR count). The van der Waals surface area contributed by atoms with Crippen molar-refractivity contribution in [3.05, 3.63) is 16.6 Å². The summed E-state index contributed by atoms with van der Waals surface area (Å²) >= 11 is 1.31. The molecule has 9 heteroatoms. The number of methoxy groups -OCH3 is 1. The summed E-state index contributed by atoms with van der Waals surface area (Å²) in [5, 5.41) is 15.1. The van der Waals surface area contributed by atoms with Gasteiger partial charge in [0.15, 0.2) is 5.54 Å². The molecule has 1 aromatic rings. The second-order valence-electron chi connectivity index (χ2n) is 5.35. The van der Waals surface area contributed by atoms with Gasteiger partial charge in [0.1, 0.15) is 5.01 Å². The molecule has 1 aromatic heterocycles. The van der Waals surface area contributed by atoms with Gasteiger partial charge in [0.25, 0.3) is 0 Å². The minimum absolute atomic E-state index is 0.387. The third-order valence-corrected chi connectivity index (χ3v) is 5.25. The Kier molecular flexibility index (Phi) is 3.50. The highest BCUT2D eigenvalue weighted by molar-refractivity contribution is 7.09. The predicted octanol–water partition coefficient (Wildman–Crippen LogP) is -1.08. The number of aliphatic hydroxyl groups excluding tert-OH is 1. The second kappa shape index (κ2) is 5.11. The Labute approximate surface area is 130 Å². The van der Waals surface area contributed by atoms with Gasteiger partial charge in [-0.25, -0.2) is 9.78 Å². The Morgan fingerprint density at radius 2 is 2.27 bits per heavy atom. The number of aliphatic hydroxyl groups is 1. The molecular formula is C13H15N3O5S. The molecule has 22 heavy (non-hydrogen) atoms. The first kappa shape index (κ1) is 15.1. The van der Waals surface area contributed by atoms with Crippen LogP contribution in [0.3, 0.4) is 0 Å². The van der Waals surface area contributed by atoms with Crippen LogP contribution in [0.2, 0.25) is 0 Å². The number of rotatable bonds is 3. The maximum absolute atomic E-state index is 12.4. The maximum Gasteiger partial charge on any atom is 0.329 e. The van der Waals surface area contributed by atoms with Gasteiger partial charge in [-0.2, -0.15) is 0 Å². The van der Waals surface area contributed by atoms with Crippen molar-refractivity contribution in [2.45, 2.75) is 11.6 Å². The quantitative estimate of drug-likeness (QED) is 0.537. The number of hydrogen-bond donors (Lipinski definition) is 2. The zero-order valence-electron chi connectivity index (χ0n) is 12.0. The molecule has 2 saturated heterocycles. The molecule has 2 amide bonds. The van der Waals surface area contributed by atoms with E-state index >= 15 is 0 Å². The van der Waals surface area contributed by atoms with Crippen LogP contribution in [0.25, 0.3) is 0 Å². The number of ether oxygens (including phenoxy) is 1. The van der Waals surface area contributed by atoms with Crippen LogP contribution in [-0.2, 0) is 19.1 Å². The van der Waals surface area contributed by atoms with Gasteiger partial charge in [-0.05, 0) is 0 Å². The average Bonchev–Trinajstić information content (AvgIpc) is 3.21. The summed E-state index contributed by atoms with van der Waals surface area (Å²) in [6.45, 7) is -0.643. The van der Waals surface area contributed by atoms with Crippen LogP contribution in [0.4, 0.5) is 0 Å². The van der Waals surface area contributed by atoms with Gasteiger partial charge < -0.3 is 9.84 Å². The van der Waals surface area contributed by atoms with Gasteiger partial charge >= 0.3 is 5.97 Å². The number of nitrogens with zero attached hydrogens (tertiary/aromatic N) is 2. The van der Waals surface area contributed by atoms with Crippen LogP contribution in [0.15, 0.2) is 11.6 Å². The molecule has 0 radical (unpaired) electrons. The first-order valence-electron chi connectivity index (χ1n) is 6.65. The molecule has 0 bridgehead atoms. The smallest absolute Gasteiger partial charge is 0.329 e. The molecule has 2 N–H and O–H groups in total. The standard InChI is InChI=1S/C13H15N3O5S/c1-16-10(18)6-7(11(16)19)13(5-17,12(20)21-2)15-8(6)9-14-3-4-22-9/h3-4,6-8,15,17H,5H2,1-2H3/t6-,7-,8+,13-/m0/s1. The third kappa shape index (κ3) is 1.76. The average molecular weight is 325 g/mol. The number of fused-ring (bicyclic) bond motifs is 1. The number of esters is 1. The molecule has 3 heterocycles. The number of carbonyl (C=O) groups is 3. The Morgan fingerprint density at radius 3 is 2.82 bits per heavy atom. The van der Waals surface area contributed by atoms with Gasteiger partial charge in [-0.15, -0.1) is 11.3 Å². The molecule has 4 atom stereocenters. The molecule has 0 unspecified atom stereocenters. The Balaban J connectivity index is 2.13. The van der Waals surface area contributed by atoms with Crippen molar-refractivity contribution in [3.63, 3.8) is 0 Å². The highest BCUT2D eigenvalue weighted by Crippen LogP contribution is 2.48. The number of aromatic nitrogens is 1. The molecule has 8 nitrogen and oxygen atoms in total. The zero-order chi connectivity index (χ0) is 16.1. The molecule has 2 aliphatic heterocycles. The van der Waals surface area contributed by atoms with Crippen molar-refractivity contribution >= 4 is 29.1 Å². The minimum atomic E-state index is -1.63. The second-order valence-corrected chi connectivity index (χ2v) is 6.28. The summed E-state index contributed by atoms with van der Waals surface area (Å²) in [5.41, 5.74) is -1.63. The zero-order valence-corrected chi connectivity index (χ0v) is 12.8. The number of likely N-dealkylation sites (tertiary alicyclic amines) is 1. The lowest BCUT2D eigenvalue weighted by atomic mass is 9.80. The normalized spacial score (nSPS) is 34.1. The summed E-state index contributed by atoms with van der Waals surface area (Å²) in [6.07, 6.45) is 1.58. The first-order chi connectivity index (χ1) is 10.5. The number of imide groups is 1. The molecule has 118 valence electrons. The number of thiazole rings is 1. The third-order valence-electron chi connectivity index (χ3n) is 4.39. The Morgan fingerprint density at radius 1 is 1.55 bits per heavy atom. The van der Waals surface area contributed by atoms with Crippen LogP contribution in [0.1, 0.15) is 11.0 Å². The van der Waals surface area contributed by atoms with E-state index in [0.717, 1.165) is 4.90 Å². The van der Waals surface area contributed by atoms with Crippen molar-refractivity contribution in [2.75, 3.05) is 20.8 Å². The van der Waals surface area contributed by atoms with E-state index in [9.17, 15) is 19.5 Å². The lowest BCUT2D eigenvalue weighted by Gasteiger charge is -2.29. The highest BCUT2D eigenvalue weighted by atomic mass is 32.1. The summed E-state index contributed by atoms with van der Waals surface area (Å²) in [4.78, 5) is 42.3. The van der Waals surface area contributed by atoms with Crippen molar-refractivity contribution in [1.29, 1.82) is 0 Å². The molecule has 2 aliphatic rings. The fraction of sp³-hybridized carbons (Fsp3) is 0.538. The van der Waals surface area contributed by atoms with Crippen molar-refractivity contribution < 1.29 is 24.2 Å². The maximum atomic E-state index is 12.4. The van der Waals surface area contributed by atoms with E-state index in [2.05, 4.69) is 10.3 Å². The SMILES string of the molecule is COC(=O)[C@@]1(CO)N[C@@H](c2nccs2)[C@H]2C(=O)N(C)C(=O)[C@H]21. The van der Waals surface area contributed by atoms with Crippen LogP contribution in [0.5, 0.6) is 0 Å². The lowest BCUT2D eigenvalue weighted by Crippen LogP contribution is -2.58. The van der Waals surface area contributed by atoms with Gasteiger partial charge in [-0.1, -0.05) is 0 Å². The molecule has 0 aromatic carbocycles. The fourth-order valence-corrected chi connectivity index (χ4v) is 4.06. The Hall–Kier alpha value is -1.84. The van der Waals surface area contributed by atoms with Crippen LogP contribution in [0, 0.1) is 11.8 Å². The van der Waals surface area contributed by atoms with Gasteiger partial charge in [0, 0.05) is 18.6 Å². The highest BCUT2D eigenvalue weighted by Gasteiger charge is 2.68. The molecule has 0 saturated carbocycles. The van der Waals surface area contributed by atoms with Crippen LogP contribution in [-0.4, -0.2) is 59.1 Å². The van der Waals surface area contributed by atoms with Crippen LogP contribution >= 0.6 is 11.3 Å². The van der Waals surface area contributed by atoms with Crippen molar-refractivity contribution in [1.82, 2.24) is 15.2 Å². The summed E-state index contributed by atoms with van der Waals surface area (Å²) in [6, 6.07) is -0.613. The van der Waals surface area contributed by atoms with Gasteiger partial charge in [0.2, 0.25) is 11.8 Å². The molecule has 0 aliphatic carbocycles. The lowest BCUT2D eigenvalue weighted by molar-refractivity contribution is -0.156. The number of carbonyl (C=O) groups excluding carboxylic acids is 3. The molecule has 2 fully saturated rings. The van der Waals surface area contributed by atoms with Crippen molar-refractivity contribution in [3.8, 4) is 0 Å². The van der Waals surface area contributed by atoms with Crippen LogP contribution < -0.4 is 5.32 Å². The summed E-state index contributed by atoms with van der Waals surface area (Å²) < 4.78 is 4.76. The van der Waals surface area contributed by atoms with E-state index in [4.69, 9.17) is 4.74 Å². The van der Waals surface area contributed by atoms with E-state index in [-0.39, 0.29) is 5.91 Å². The monoisotopic (exact) mass is 325 g/mol. The number of nitrogens with one attached hydrogen (secondary N) is 1. The van der Waals surface area contributed by atoms with E-state index in [0.29, 0.717) is 5.01 Å². The largest absolute Gasteiger partial charge is 0.468 e. The summed E-state index contributed by atoms with van der Waals surface area (Å²) in [5.74, 6) is -3.44. The van der Waals surface area contributed by atoms with Crippen molar-refractivity contribution in [2.24, 2.45) is 11.8 Å². The first-order valence-corrected chi connectivity index (χ1v) is 7.53. The van der Waals surface area contributed by atoms with E-state index in [1.54, 1.807) is 11.6 Å². The fourth-order valence-electron chi connectivity index (χ4n) is 3.33.